The normalized spacial score (nSPS) is 13.9. The molecule has 2 aromatic rings. The van der Waals surface area contributed by atoms with E-state index in [1.807, 2.05) is 31.2 Å². The number of carbonyl (C=O) groups is 1. The summed E-state index contributed by atoms with van der Waals surface area (Å²) in [5, 5.41) is 13.1. The molecular weight excluding hydrogens is 350 g/mol. The van der Waals surface area contributed by atoms with Crippen molar-refractivity contribution in [3.05, 3.63) is 53.6 Å². The van der Waals surface area contributed by atoms with Gasteiger partial charge in [0, 0.05) is 36.6 Å². The van der Waals surface area contributed by atoms with Gasteiger partial charge in [0.1, 0.15) is 5.75 Å². The molecule has 0 atom stereocenters. The van der Waals surface area contributed by atoms with Crippen molar-refractivity contribution < 1.29 is 9.90 Å². The van der Waals surface area contributed by atoms with Crippen molar-refractivity contribution in [2.24, 2.45) is 0 Å². The minimum atomic E-state index is -0.0270. The standard InChI is InChI=1S/C23H31N3O2/c1-3-12-25(16-19-8-4-5-9-22(19)27)17-23(28)24-21-11-10-20(15-18(21)2)26-13-6-7-14-26/h4-5,8-11,15,27H,3,6-7,12-14,16-17H2,1-2H3,(H,24,28). The van der Waals surface area contributed by atoms with E-state index < -0.39 is 0 Å². The van der Waals surface area contributed by atoms with Crippen molar-refractivity contribution in [2.75, 3.05) is 36.4 Å². The first-order valence-corrected chi connectivity index (χ1v) is 10.2. The molecule has 2 N–H and O–H groups in total. The molecule has 28 heavy (non-hydrogen) atoms. The molecule has 0 aliphatic carbocycles. The van der Waals surface area contributed by atoms with Crippen LogP contribution in [-0.2, 0) is 11.3 Å². The number of aromatic hydroxyl groups is 1. The summed E-state index contributed by atoms with van der Waals surface area (Å²) in [5.74, 6) is 0.248. The monoisotopic (exact) mass is 381 g/mol. The summed E-state index contributed by atoms with van der Waals surface area (Å²) >= 11 is 0. The maximum Gasteiger partial charge on any atom is 0.238 e. The highest BCUT2D eigenvalue weighted by molar-refractivity contribution is 5.93. The van der Waals surface area contributed by atoms with Gasteiger partial charge in [-0.05, 0) is 62.6 Å². The van der Waals surface area contributed by atoms with E-state index in [0.717, 1.165) is 42.9 Å². The molecule has 2 aromatic carbocycles. The van der Waals surface area contributed by atoms with E-state index in [2.05, 4.69) is 34.2 Å². The highest BCUT2D eigenvalue weighted by Crippen LogP contribution is 2.25. The Labute approximate surface area is 168 Å². The molecule has 1 aliphatic rings. The maximum atomic E-state index is 12.6. The topological polar surface area (TPSA) is 55.8 Å². The second kappa shape index (κ2) is 9.60. The molecule has 1 aliphatic heterocycles. The smallest absolute Gasteiger partial charge is 0.238 e. The van der Waals surface area contributed by atoms with Crippen LogP contribution >= 0.6 is 0 Å². The van der Waals surface area contributed by atoms with E-state index >= 15 is 0 Å². The molecule has 0 radical (unpaired) electrons. The van der Waals surface area contributed by atoms with Crippen LogP contribution < -0.4 is 10.2 Å². The first kappa shape index (κ1) is 20.2. The Morgan fingerprint density at radius 2 is 1.93 bits per heavy atom. The fraction of sp³-hybridized carbons (Fsp3) is 0.435. The predicted molar refractivity (Wildman–Crippen MR) is 115 cm³/mol. The van der Waals surface area contributed by atoms with Crippen molar-refractivity contribution >= 4 is 17.3 Å². The van der Waals surface area contributed by atoms with Gasteiger partial charge in [0.2, 0.25) is 5.91 Å². The number of nitrogens with one attached hydrogen (secondary N) is 1. The summed E-state index contributed by atoms with van der Waals surface area (Å²) in [4.78, 5) is 17.1. The summed E-state index contributed by atoms with van der Waals surface area (Å²) in [6, 6.07) is 13.6. The lowest BCUT2D eigenvalue weighted by Gasteiger charge is -2.22. The number of anilines is 2. The van der Waals surface area contributed by atoms with Gasteiger partial charge in [0.05, 0.1) is 6.54 Å². The Hall–Kier alpha value is -2.53. The summed E-state index contributed by atoms with van der Waals surface area (Å²) in [7, 11) is 0. The lowest BCUT2D eigenvalue weighted by Crippen LogP contribution is -2.33. The Morgan fingerprint density at radius 3 is 2.61 bits per heavy atom. The molecule has 1 amide bonds. The molecule has 3 rings (SSSR count). The largest absolute Gasteiger partial charge is 0.508 e. The van der Waals surface area contributed by atoms with Gasteiger partial charge in [0.25, 0.3) is 0 Å². The van der Waals surface area contributed by atoms with Crippen molar-refractivity contribution in [3.63, 3.8) is 0 Å². The number of para-hydroxylation sites is 1. The molecule has 0 spiro atoms. The number of rotatable bonds is 8. The highest BCUT2D eigenvalue weighted by Gasteiger charge is 2.15. The number of benzene rings is 2. The number of hydrogen-bond acceptors (Lipinski definition) is 4. The van der Waals surface area contributed by atoms with E-state index in [-0.39, 0.29) is 11.7 Å². The zero-order valence-electron chi connectivity index (χ0n) is 16.9. The van der Waals surface area contributed by atoms with Crippen LogP contribution in [0.1, 0.15) is 37.3 Å². The number of nitrogens with zero attached hydrogens (tertiary/aromatic N) is 2. The SMILES string of the molecule is CCCN(CC(=O)Nc1ccc(N2CCCC2)cc1C)Cc1ccccc1O. The van der Waals surface area contributed by atoms with Crippen LogP contribution in [0, 0.1) is 6.92 Å². The Morgan fingerprint density at radius 1 is 1.18 bits per heavy atom. The van der Waals surface area contributed by atoms with Crippen LogP contribution in [0.2, 0.25) is 0 Å². The summed E-state index contributed by atoms with van der Waals surface area (Å²) in [5.41, 5.74) is 4.03. The first-order valence-electron chi connectivity index (χ1n) is 10.2. The minimum Gasteiger partial charge on any atom is -0.508 e. The van der Waals surface area contributed by atoms with Crippen LogP contribution in [0.4, 0.5) is 11.4 Å². The second-order valence-corrected chi connectivity index (χ2v) is 7.58. The Bertz CT molecular complexity index is 800. The van der Waals surface area contributed by atoms with Gasteiger partial charge in [-0.3, -0.25) is 9.69 Å². The molecule has 150 valence electrons. The third-order valence-corrected chi connectivity index (χ3v) is 5.25. The number of aryl methyl sites for hydroxylation is 1. The first-order chi connectivity index (χ1) is 13.6. The highest BCUT2D eigenvalue weighted by atomic mass is 16.3. The van der Waals surface area contributed by atoms with E-state index in [9.17, 15) is 9.90 Å². The average Bonchev–Trinajstić information content (AvgIpc) is 3.20. The quantitative estimate of drug-likeness (QED) is 0.721. The molecule has 1 heterocycles. The fourth-order valence-corrected chi connectivity index (χ4v) is 3.77. The molecule has 5 heteroatoms. The van der Waals surface area contributed by atoms with E-state index in [1.54, 1.807) is 6.07 Å². The third-order valence-electron chi connectivity index (χ3n) is 5.25. The Balaban J connectivity index is 1.61. The minimum absolute atomic E-state index is 0.0270. The number of phenols is 1. The van der Waals surface area contributed by atoms with Gasteiger partial charge in [-0.25, -0.2) is 0 Å². The number of phenolic OH excluding ortho intramolecular Hbond substituents is 1. The number of carbonyl (C=O) groups excluding carboxylic acids is 1. The van der Waals surface area contributed by atoms with Crippen molar-refractivity contribution in [1.82, 2.24) is 4.90 Å². The van der Waals surface area contributed by atoms with Gasteiger partial charge in [-0.2, -0.15) is 0 Å². The molecule has 1 fully saturated rings. The molecule has 1 saturated heterocycles. The molecule has 5 nitrogen and oxygen atoms in total. The lowest BCUT2D eigenvalue weighted by atomic mass is 10.1. The molecular formula is C23H31N3O2. The molecule has 0 aromatic heterocycles. The fourth-order valence-electron chi connectivity index (χ4n) is 3.77. The molecule has 0 unspecified atom stereocenters. The van der Waals surface area contributed by atoms with Gasteiger partial charge in [-0.15, -0.1) is 0 Å². The summed E-state index contributed by atoms with van der Waals surface area (Å²) in [6.07, 6.45) is 3.45. The second-order valence-electron chi connectivity index (χ2n) is 7.58. The van der Waals surface area contributed by atoms with Crippen LogP contribution in [0.25, 0.3) is 0 Å². The van der Waals surface area contributed by atoms with Crippen LogP contribution in [0.15, 0.2) is 42.5 Å². The van der Waals surface area contributed by atoms with Crippen LogP contribution in [-0.4, -0.2) is 42.1 Å². The summed E-state index contributed by atoms with van der Waals surface area (Å²) in [6.45, 7) is 8.02. The zero-order valence-corrected chi connectivity index (χ0v) is 16.9. The van der Waals surface area contributed by atoms with Crippen LogP contribution in [0.5, 0.6) is 5.75 Å². The van der Waals surface area contributed by atoms with Gasteiger partial charge < -0.3 is 15.3 Å². The zero-order chi connectivity index (χ0) is 19.9. The van der Waals surface area contributed by atoms with E-state index in [4.69, 9.17) is 0 Å². The third kappa shape index (κ3) is 5.26. The average molecular weight is 382 g/mol. The van der Waals surface area contributed by atoms with Crippen molar-refractivity contribution in [2.45, 2.75) is 39.7 Å². The van der Waals surface area contributed by atoms with Crippen molar-refractivity contribution in [1.29, 1.82) is 0 Å². The van der Waals surface area contributed by atoms with Gasteiger partial charge in [-0.1, -0.05) is 25.1 Å². The number of hydrogen-bond donors (Lipinski definition) is 2. The van der Waals surface area contributed by atoms with Gasteiger partial charge in [0.15, 0.2) is 0 Å². The number of amides is 1. The molecule has 0 bridgehead atoms. The Kier molecular flexibility index (Phi) is 6.93. The predicted octanol–water partition coefficient (Wildman–Crippen LogP) is 4.15. The molecule has 0 saturated carbocycles. The van der Waals surface area contributed by atoms with Gasteiger partial charge >= 0.3 is 0 Å². The van der Waals surface area contributed by atoms with Crippen LogP contribution in [0.3, 0.4) is 0 Å². The van der Waals surface area contributed by atoms with E-state index in [1.165, 1.54) is 18.5 Å². The lowest BCUT2D eigenvalue weighted by molar-refractivity contribution is -0.117. The maximum absolute atomic E-state index is 12.6. The summed E-state index contributed by atoms with van der Waals surface area (Å²) < 4.78 is 0. The van der Waals surface area contributed by atoms with Crippen molar-refractivity contribution in [3.8, 4) is 5.75 Å². The van der Waals surface area contributed by atoms with E-state index in [0.29, 0.717) is 13.1 Å².